The van der Waals surface area contributed by atoms with Crippen LogP contribution in [0.2, 0.25) is 0 Å². The number of amides is 1. The summed E-state index contributed by atoms with van der Waals surface area (Å²) in [5, 5.41) is 9.68. The summed E-state index contributed by atoms with van der Waals surface area (Å²) in [7, 11) is 0. The van der Waals surface area contributed by atoms with E-state index in [0.29, 0.717) is 47.5 Å². The van der Waals surface area contributed by atoms with Crippen LogP contribution in [0.3, 0.4) is 0 Å². The lowest BCUT2D eigenvalue weighted by molar-refractivity contribution is 0.0984. The van der Waals surface area contributed by atoms with Crippen LogP contribution in [0.5, 0.6) is 11.5 Å². The number of rotatable bonds is 7. The summed E-state index contributed by atoms with van der Waals surface area (Å²) in [4.78, 5) is 22.2. The first-order chi connectivity index (χ1) is 15.1. The molecule has 1 aliphatic rings. The van der Waals surface area contributed by atoms with Gasteiger partial charge in [-0.25, -0.2) is 4.98 Å². The summed E-state index contributed by atoms with van der Waals surface area (Å²) >= 11 is 1.46. The van der Waals surface area contributed by atoms with E-state index in [4.69, 9.17) is 19.7 Å². The third kappa shape index (κ3) is 4.48. The fraction of sp³-hybridized carbons (Fsp3) is 0.348. The van der Waals surface area contributed by atoms with Crippen molar-refractivity contribution in [1.29, 1.82) is 5.26 Å². The third-order valence-electron chi connectivity index (χ3n) is 5.31. The van der Waals surface area contributed by atoms with Gasteiger partial charge in [0.25, 0.3) is 5.91 Å². The number of hydrogen-bond acceptors (Lipinski definition) is 7. The van der Waals surface area contributed by atoms with Gasteiger partial charge in [-0.15, -0.1) is 0 Å². The molecule has 8 heteroatoms. The van der Waals surface area contributed by atoms with Gasteiger partial charge in [-0.3, -0.25) is 9.69 Å². The molecule has 0 saturated carbocycles. The predicted molar refractivity (Wildman–Crippen MR) is 121 cm³/mol. The zero-order valence-corrected chi connectivity index (χ0v) is 18.4. The number of ether oxygens (including phenoxy) is 2. The van der Waals surface area contributed by atoms with E-state index >= 15 is 0 Å². The fourth-order valence-electron chi connectivity index (χ4n) is 3.48. The van der Waals surface area contributed by atoms with Crippen LogP contribution in [0, 0.1) is 11.3 Å². The highest BCUT2D eigenvalue weighted by molar-refractivity contribution is 7.22. The van der Waals surface area contributed by atoms with Crippen LogP contribution in [0.25, 0.3) is 10.2 Å². The van der Waals surface area contributed by atoms with E-state index in [0.717, 1.165) is 29.9 Å². The fourth-order valence-corrected chi connectivity index (χ4v) is 4.48. The lowest BCUT2D eigenvalue weighted by Gasteiger charge is -2.24. The minimum absolute atomic E-state index is 0.132. The van der Waals surface area contributed by atoms with E-state index in [1.54, 1.807) is 29.2 Å². The summed E-state index contributed by atoms with van der Waals surface area (Å²) in [6, 6.07) is 12.6. The molecule has 0 unspecified atom stereocenters. The average molecular weight is 437 g/mol. The number of aromatic nitrogens is 1. The van der Waals surface area contributed by atoms with E-state index in [9.17, 15) is 4.79 Å². The third-order valence-corrected chi connectivity index (χ3v) is 6.35. The van der Waals surface area contributed by atoms with Gasteiger partial charge in [-0.1, -0.05) is 25.2 Å². The zero-order valence-electron chi connectivity index (χ0n) is 17.6. The molecule has 3 aromatic rings. The Bertz CT molecular complexity index is 1070. The van der Waals surface area contributed by atoms with Crippen LogP contribution in [-0.2, 0) is 0 Å². The minimum Gasteiger partial charge on any atom is -0.486 e. The number of nitriles is 1. The van der Waals surface area contributed by atoms with Crippen molar-refractivity contribution in [1.82, 2.24) is 9.88 Å². The van der Waals surface area contributed by atoms with Crippen molar-refractivity contribution in [2.75, 3.05) is 44.3 Å². The average Bonchev–Trinajstić information content (AvgIpc) is 3.22. The van der Waals surface area contributed by atoms with E-state index in [2.05, 4.69) is 24.8 Å². The summed E-state index contributed by atoms with van der Waals surface area (Å²) in [5.74, 6) is 1.26. The molecule has 0 fully saturated rings. The van der Waals surface area contributed by atoms with Crippen molar-refractivity contribution in [3.8, 4) is 17.6 Å². The zero-order chi connectivity index (χ0) is 21.8. The Morgan fingerprint density at radius 2 is 1.77 bits per heavy atom. The molecule has 0 aliphatic carbocycles. The maximum atomic E-state index is 13.4. The van der Waals surface area contributed by atoms with Crippen molar-refractivity contribution < 1.29 is 14.3 Å². The van der Waals surface area contributed by atoms with E-state index < -0.39 is 0 Å². The topological polar surface area (TPSA) is 78.7 Å². The van der Waals surface area contributed by atoms with Gasteiger partial charge < -0.3 is 14.4 Å². The lowest BCUT2D eigenvalue weighted by atomic mass is 10.1. The molecule has 1 amide bonds. The van der Waals surface area contributed by atoms with Crippen molar-refractivity contribution in [2.24, 2.45) is 0 Å². The van der Waals surface area contributed by atoms with E-state index in [-0.39, 0.29) is 5.91 Å². The standard InChI is InChI=1S/C23H24N4O3S/c1-3-26(4-2)9-10-27(22(28)17-7-5-16(15-24)6-8-17)23-25-18-13-19-20(14-21(18)31-23)30-12-11-29-19/h5-8,13-14H,3-4,9-12H2,1-2H3. The molecule has 31 heavy (non-hydrogen) atoms. The maximum absolute atomic E-state index is 13.4. The van der Waals surface area contributed by atoms with Crippen LogP contribution in [0.4, 0.5) is 5.13 Å². The highest BCUT2D eigenvalue weighted by Gasteiger charge is 2.23. The second-order valence-corrected chi connectivity index (χ2v) is 8.14. The van der Waals surface area contributed by atoms with Crippen LogP contribution in [-0.4, -0.2) is 55.2 Å². The van der Waals surface area contributed by atoms with Crippen molar-refractivity contribution in [3.05, 3.63) is 47.5 Å². The molecule has 2 aromatic carbocycles. The molecule has 0 bridgehead atoms. The SMILES string of the molecule is CCN(CC)CCN(C(=O)c1ccc(C#N)cc1)c1nc2cc3c(cc2s1)OCCO3. The number of thiazole rings is 1. The molecule has 0 spiro atoms. The Morgan fingerprint density at radius 1 is 1.10 bits per heavy atom. The summed E-state index contributed by atoms with van der Waals surface area (Å²) in [6.45, 7) is 8.35. The Labute approximate surface area is 185 Å². The number of anilines is 1. The van der Waals surface area contributed by atoms with Crippen LogP contribution >= 0.6 is 11.3 Å². The number of hydrogen-bond donors (Lipinski definition) is 0. The summed E-state index contributed by atoms with van der Waals surface area (Å²) in [5.41, 5.74) is 1.84. The smallest absolute Gasteiger partial charge is 0.260 e. The number of fused-ring (bicyclic) bond motifs is 2. The normalized spacial score (nSPS) is 12.7. The molecule has 2 heterocycles. The summed E-state index contributed by atoms with van der Waals surface area (Å²) in [6.07, 6.45) is 0. The van der Waals surface area contributed by atoms with Gasteiger partial charge in [0.05, 0.1) is 21.8 Å². The van der Waals surface area contributed by atoms with Gasteiger partial charge in [0.1, 0.15) is 13.2 Å². The van der Waals surface area contributed by atoms with Crippen LogP contribution < -0.4 is 14.4 Å². The molecule has 0 saturated heterocycles. The molecule has 160 valence electrons. The van der Waals surface area contributed by atoms with Crippen LogP contribution in [0.1, 0.15) is 29.8 Å². The molecule has 7 nitrogen and oxygen atoms in total. The predicted octanol–water partition coefficient (Wildman–Crippen LogP) is 3.93. The number of nitrogens with zero attached hydrogens (tertiary/aromatic N) is 4. The van der Waals surface area contributed by atoms with Gasteiger partial charge in [0.2, 0.25) is 0 Å². The molecular formula is C23H24N4O3S. The number of likely N-dealkylation sites (N-methyl/N-ethyl adjacent to an activating group) is 1. The van der Waals surface area contributed by atoms with Crippen molar-refractivity contribution >= 4 is 32.6 Å². The Kier molecular flexibility index (Phi) is 6.35. The summed E-state index contributed by atoms with van der Waals surface area (Å²) < 4.78 is 12.3. The van der Waals surface area contributed by atoms with Crippen molar-refractivity contribution in [2.45, 2.75) is 13.8 Å². The molecule has 1 aromatic heterocycles. The number of benzene rings is 2. The molecular weight excluding hydrogens is 412 g/mol. The first kappa shape index (κ1) is 21.1. The largest absolute Gasteiger partial charge is 0.486 e. The van der Waals surface area contributed by atoms with Gasteiger partial charge in [0.15, 0.2) is 16.6 Å². The lowest BCUT2D eigenvalue weighted by Crippen LogP contribution is -2.38. The molecule has 0 N–H and O–H groups in total. The Morgan fingerprint density at radius 3 is 2.42 bits per heavy atom. The van der Waals surface area contributed by atoms with Crippen molar-refractivity contribution in [3.63, 3.8) is 0 Å². The van der Waals surface area contributed by atoms with Gasteiger partial charge in [-0.05, 0) is 37.4 Å². The second kappa shape index (κ2) is 9.33. The monoisotopic (exact) mass is 436 g/mol. The highest BCUT2D eigenvalue weighted by Crippen LogP contribution is 2.39. The first-order valence-electron chi connectivity index (χ1n) is 10.4. The Balaban J connectivity index is 1.68. The molecule has 0 radical (unpaired) electrons. The second-order valence-electron chi connectivity index (χ2n) is 7.13. The van der Waals surface area contributed by atoms with Crippen LogP contribution in [0.15, 0.2) is 36.4 Å². The first-order valence-corrected chi connectivity index (χ1v) is 11.2. The molecule has 4 rings (SSSR count). The number of carbonyl (C=O) groups excluding carboxylic acids is 1. The molecule has 0 atom stereocenters. The maximum Gasteiger partial charge on any atom is 0.260 e. The van der Waals surface area contributed by atoms with Gasteiger partial charge in [0, 0.05) is 30.8 Å². The quantitative estimate of drug-likeness (QED) is 0.558. The number of carbonyl (C=O) groups is 1. The van der Waals surface area contributed by atoms with E-state index in [1.165, 1.54) is 11.3 Å². The Hall–Kier alpha value is -3.15. The minimum atomic E-state index is -0.132. The van der Waals surface area contributed by atoms with Gasteiger partial charge >= 0.3 is 0 Å². The van der Waals surface area contributed by atoms with E-state index in [1.807, 2.05) is 12.1 Å². The molecule has 1 aliphatic heterocycles. The van der Waals surface area contributed by atoms with Gasteiger partial charge in [-0.2, -0.15) is 5.26 Å². The highest BCUT2D eigenvalue weighted by atomic mass is 32.1.